The van der Waals surface area contributed by atoms with E-state index in [4.69, 9.17) is 30.5 Å². The van der Waals surface area contributed by atoms with E-state index in [9.17, 15) is 4.79 Å². The van der Waals surface area contributed by atoms with Crippen LogP contribution in [0, 0.1) is 5.92 Å². The molecule has 5 rings (SSSR count). The van der Waals surface area contributed by atoms with Crippen LogP contribution in [0.1, 0.15) is 47.3 Å². The normalized spacial score (nSPS) is 30.6. The minimum atomic E-state index is -0.698. The molecule has 1 amide bonds. The Bertz CT molecular complexity index is 1090. The Morgan fingerprint density at radius 3 is 2.83 bits per heavy atom. The van der Waals surface area contributed by atoms with E-state index in [1.807, 2.05) is 51.4 Å². The SMILES string of the molecule is CC(C)(C)OC(=O)NCC1CCN(C[C@H]2O[C@@H](n3ccc4c(Cl)ncnc43)[C@@H]3OC(C)(C)O[C@@H]32)C1. The van der Waals surface area contributed by atoms with Crippen LogP contribution in [0.5, 0.6) is 0 Å². The first-order chi connectivity index (χ1) is 16.5. The predicted octanol–water partition coefficient (Wildman–Crippen LogP) is 3.35. The van der Waals surface area contributed by atoms with Gasteiger partial charge in [0.2, 0.25) is 0 Å². The molecule has 192 valence electrons. The summed E-state index contributed by atoms with van der Waals surface area (Å²) < 4.78 is 26.4. The summed E-state index contributed by atoms with van der Waals surface area (Å²) in [6, 6.07) is 1.90. The van der Waals surface area contributed by atoms with Crippen molar-refractivity contribution in [3.8, 4) is 0 Å². The van der Waals surface area contributed by atoms with E-state index in [0.717, 1.165) is 31.4 Å². The highest BCUT2D eigenvalue weighted by Gasteiger charge is 2.56. The lowest BCUT2D eigenvalue weighted by Crippen LogP contribution is -2.40. The van der Waals surface area contributed by atoms with Crippen molar-refractivity contribution in [3.63, 3.8) is 0 Å². The van der Waals surface area contributed by atoms with Gasteiger partial charge in [0, 0.05) is 25.8 Å². The van der Waals surface area contributed by atoms with Crippen LogP contribution in [0.25, 0.3) is 11.0 Å². The van der Waals surface area contributed by atoms with Gasteiger partial charge in [0.05, 0.1) is 5.39 Å². The van der Waals surface area contributed by atoms with Crippen LogP contribution in [-0.4, -0.2) is 81.4 Å². The number of hydrogen-bond acceptors (Lipinski definition) is 8. The Morgan fingerprint density at radius 2 is 2.06 bits per heavy atom. The Kier molecular flexibility index (Phi) is 6.46. The van der Waals surface area contributed by atoms with Crippen molar-refractivity contribution in [1.82, 2.24) is 24.8 Å². The molecule has 2 aromatic heterocycles. The third-order valence-corrected chi connectivity index (χ3v) is 6.90. The summed E-state index contributed by atoms with van der Waals surface area (Å²) in [5, 5.41) is 4.08. The number of hydrogen-bond donors (Lipinski definition) is 1. The highest BCUT2D eigenvalue weighted by atomic mass is 35.5. The fraction of sp³-hybridized carbons (Fsp3) is 0.708. The van der Waals surface area contributed by atoms with Gasteiger partial charge in [0.15, 0.2) is 12.0 Å². The Balaban J connectivity index is 1.24. The lowest BCUT2D eigenvalue weighted by Gasteiger charge is -2.27. The third-order valence-electron chi connectivity index (χ3n) is 6.60. The fourth-order valence-electron chi connectivity index (χ4n) is 5.22. The molecule has 11 heteroatoms. The number of alkyl carbamates (subject to hydrolysis) is 1. The standard InChI is InChI=1S/C24H34ClN5O5/c1-23(2,3)35-22(31)26-10-14-6-8-29(11-14)12-16-17-18(34-24(4,5)33-17)21(32-16)30-9-7-15-19(25)27-13-28-20(15)30/h7,9,13-14,16-18,21H,6,8,10-12H2,1-5H3,(H,26,31)/t14?,16-,17-,18-,21-/m1/s1. The number of amides is 1. The summed E-state index contributed by atoms with van der Waals surface area (Å²) in [6.45, 7) is 12.6. The summed E-state index contributed by atoms with van der Waals surface area (Å²) in [6.07, 6.45) is 2.97. The molecule has 1 unspecified atom stereocenters. The molecule has 35 heavy (non-hydrogen) atoms. The third kappa shape index (κ3) is 5.27. The first-order valence-electron chi connectivity index (χ1n) is 12.2. The average molecular weight is 508 g/mol. The van der Waals surface area contributed by atoms with E-state index < -0.39 is 11.4 Å². The molecule has 2 aromatic rings. The zero-order valence-electron chi connectivity index (χ0n) is 20.9. The van der Waals surface area contributed by atoms with Gasteiger partial charge in [-0.3, -0.25) is 0 Å². The number of carbonyl (C=O) groups is 1. The maximum absolute atomic E-state index is 12.0. The molecule has 0 aromatic carbocycles. The molecule has 3 fully saturated rings. The number of fused-ring (bicyclic) bond motifs is 2. The molecule has 1 N–H and O–H groups in total. The highest BCUT2D eigenvalue weighted by molar-refractivity contribution is 6.33. The fourth-order valence-corrected chi connectivity index (χ4v) is 5.41. The molecular weight excluding hydrogens is 474 g/mol. The largest absolute Gasteiger partial charge is 0.444 e. The summed E-state index contributed by atoms with van der Waals surface area (Å²) >= 11 is 6.26. The second-order valence-corrected chi connectivity index (χ2v) is 11.4. The average Bonchev–Trinajstić information content (AvgIpc) is 3.50. The number of halogens is 1. The Morgan fingerprint density at radius 1 is 1.29 bits per heavy atom. The molecule has 5 heterocycles. The molecule has 0 bridgehead atoms. The predicted molar refractivity (Wildman–Crippen MR) is 129 cm³/mol. The Labute approximate surface area is 210 Å². The van der Waals surface area contributed by atoms with Crippen LogP contribution in [-0.2, 0) is 18.9 Å². The van der Waals surface area contributed by atoms with Crippen molar-refractivity contribution in [2.24, 2.45) is 5.92 Å². The van der Waals surface area contributed by atoms with Gasteiger partial charge >= 0.3 is 6.09 Å². The lowest BCUT2D eigenvalue weighted by atomic mass is 10.1. The number of ether oxygens (including phenoxy) is 4. The van der Waals surface area contributed by atoms with E-state index in [-0.39, 0.29) is 30.6 Å². The molecule has 0 saturated carbocycles. The lowest BCUT2D eigenvalue weighted by molar-refractivity contribution is -0.197. The van der Waals surface area contributed by atoms with Gasteiger partial charge in [-0.05, 0) is 59.6 Å². The minimum absolute atomic E-state index is 0.168. The summed E-state index contributed by atoms with van der Waals surface area (Å²) in [5.41, 5.74) is 0.204. The summed E-state index contributed by atoms with van der Waals surface area (Å²) in [4.78, 5) is 22.9. The van der Waals surface area contributed by atoms with E-state index >= 15 is 0 Å². The van der Waals surface area contributed by atoms with Crippen molar-refractivity contribution in [3.05, 3.63) is 23.7 Å². The van der Waals surface area contributed by atoms with Gasteiger partial charge in [0.25, 0.3) is 0 Å². The van der Waals surface area contributed by atoms with Crippen LogP contribution in [0.15, 0.2) is 18.6 Å². The second-order valence-electron chi connectivity index (χ2n) is 11.1. The van der Waals surface area contributed by atoms with Crippen molar-refractivity contribution in [2.45, 2.75) is 77.0 Å². The molecule has 5 atom stereocenters. The second kappa shape index (κ2) is 9.15. The molecule has 10 nitrogen and oxygen atoms in total. The summed E-state index contributed by atoms with van der Waals surface area (Å²) in [7, 11) is 0. The van der Waals surface area contributed by atoms with Gasteiger partial charge in [-0.15, -0.1) is 0 Å². The van der Waals surface area contributed by atoms with Crippen LogP contribution in [0.4, 0.5) is 4.79 Å². The van der Waals surface area contributed by atoms with Crippen LogP contribution in [0.3, 0.4) is 0 Å². The number of rotatable bonds is 5. The van der Waals surface area contributed by atoms with Gasteiger partial charge < -0.3 is 33.7 Å². The van der Waals surface area contributed by atoms with Crippen molar-refractivity contribution >= 4 is 28.7 Å². The molecule has 0 spiro atoms. The Hall–Kier alpha value is -1.98. The number of aromatic nitrogens is 3. The quantitative estimate of drug-likeness (QED) is 0.615. The highest BCUT2D eigenvalue weighted by Crippen LogP contribution is 2.44. The first-order valence-corrected chi connectivity index (χ1v) is 12.5. The van der Waals surface area contributed by atoms with E-state index in [1.165, 1.54) is 6.33 Å². The van der Waals surface area contributed by atoms with Crippen LogP contribution >= 0.6 is 11.6 Å². The summed E-state index contributed by atoms with van der Waals surface area (Å²) in [5.74, 6) is -0.337. The van der Waals surface area contributed by atoms with E-state index in [0.29, 0.717) is 23.3 Å². The molecule has 3 saturated heterocycles. The topological polar surface area (TPSA) is 100.0 Å². The molecule has 0 radical (unpaired) electrons. The molecule has 3 aliphatic rings. The number of nitrogens with zero attached hydrogens (tertiary/aromatic N) is 4. The number of nitrogens with one attached hydrogen (secondary N) is 1. The monoisotopic (exact) mass is 507 g/mol. The van der Waals surface area contributed by atoms with Crippen LogP contribution in [0.2, 0.25) is 5.15 Å². The molecule has 3 aliphatic heterocycles. The van der Waals surface area contributed by atoms with Gasteiger partial charge in [-0.1, -0.05) is 11.6 Å². The van der Waals surface area contributed by atoms with Crippen LogP contribution < -0.4 is 5.32 Å². The zero-order chi connectivity index (χ0) is 25.0. The minimum Gasteiger partial charge on any atom is -0.444 e. The molecule has 0 aliphatic carbocycles. The molecular formula is C24H34ClN5O5. The zero-order valence-corrected chi connectivity index (χ0v) is 21.6. The van der Waals surface area contributed by atoms with Gasteiger partial charge in [-0.25, -0.2) is 14.8 Å². The van der Waals surface area contributed by atoms with E-state index in [2.05, 4.69) is 20.2 Å². The number of likely N-dealkylation sites (tertiary alicyclic amines) is 1. The van der Waals surface area contributed by atoms with Crippen molar-refractivity contribution in [1.29, 1.82) is 0 Å². The smallest absolute Gasteiger partial charge is 0.407 e. The maximum atomic E-state index is 12.0. The van der Waals surface area contributed by atoms with Crippen molar-refractivity contribution < 1.29 is 23.7 Å². The maximum Gasteiger partial charge on any atom is 0.407 e. The van der Waals surface area contributed by atoms with Gasteiger partial charge in [-0.2, -0.15) is 0 Å². The van der Waals surface area contributed by atoms with Crippen molar-refractivity contribution in [2.75, 3.05) is 26.2 Å². The van der Waals surface area contributed by atoms with E-state index in [1.54, 1.807) is 0 Å². The van der Waals surface area contributed by atoms with Gasteiger partial charge in [0.1, 0.15) is 41.0 Å². The number of carbonyl (C=O) groups excluding carboxylic acids is 1. The first kappa shape index (κ1) is 24.7.